The number of aliphatic hydroxyl groups is 1. The highest BCUT2D eigenvalue weighted by Gasteiger charge is 2.24. The predicted molar refractivity (Wildman–Crippen MR) is 83.8 cm³/mol. The molecule has 0 saturated carbocycles. The van der Waals surface area contributed by atoms with Gasteiger partial charge in [0.05, 0.1) is 13.2 Å². The van der Waals surface area contributed by atoms with Gasteiger partial charge in [0.25, 0.3) is 5.91 Å². The van der Waals surface area contributed by atoms with Crippen molar-refractivity contribution in [3.8, 4) is 5.88 Å². The van der Waals surface area contributed by atoms with E-state index >= 15 is 0 Å². The summed E-state index contributed by atoms with van der Waals surface area (Å²) in [5, 5.41) is 9.32. The van der Waals surface area contributed by atoms with E-state index in [4.69, 9.17) is 4.74 Å². The Morgan fingerprint density at radius 2 is 2.00 bits per heavy atom. The molecule has 0 aliphatic carbocycles. The number of hydrogen-bond donors (Lipinski definition) is 1. The van der Waals surface area contributed by atoms with Gasteiger partial charge in [0, 0.05) is 19.9 Å². The van der Waals surface area contributed by atoms with E-state index in [1.165, 1.54) is 7.11 Å². The summed E-state index contributed by atoms with van der Waals surface area (Å²) in [7, 11) is 3.21. The van der Waals surface area contributed by atoms with Crippen LogP contribution in [0.4, 0.5) is 0 Å². The molecule has 2 rings (SSSR count). The van der Waals surface area contributed by atoms with Crippen LogP contribution in [0.25, 0.3) is 0 Å². The normalized spacial score (nSPS) is 11.8. The smallest absolute Gasteiger partial charge is 0.259 e. The molecule has 0 saturated heterocycles. The second-order valence-electron chi connectivity index (χ2n) is 4.92. The quantitative estimate of drug-likeness (QED) is 0.889. The number of aromatic nitrogens is 1. The van der Waals surface area contributed by atoms with Crippen LogP contribution in [-0.2, 0) is 0 Å². The van der Waals surface area contributed by atoms with Crippen molar-refractivity contribution >= 4 is 5.91 Å². The number of ether oxygens (including phenoxy) is 1. The van der Waals surface area contributed by atoms with Crippen molar-refractivity contribution < 1.29 is 14.6 Å². The summed E-state index contributed by atoms with van der Waals surface area (Å²) in [5.41, 5.74) is 1.39. The third-order valence-electron chi connectivity index (χ3n) is 3.57. The lowest BCUT2D eigenvalue weighted by Crippen LogP contribution is -2.32. The SMILES string of the molecule is COc1ncccc1C(=O)N(C)C(CCO)c1ccccc1. The Labute approximate surface area is 130 Å². The molecule has 5 heteroatoms. The summed E-state index contributed by atoms with van der Waals surface area (Å²) in [6, 6.07) is 12.8. The lowest BCUT2D eigenvalue weighted by molar-refractivity contribution is 0.0701. The van der Waals surface area contributed by atoms with E-state index in [1.807, 2.05) is 30.3 Å². The van der Waals surface area contributed by atoms with Gasteiger partial charge in [-0.15, -0.1) is 0 Å². The lowest BCUT2D eigenvalue weighted by Gasteiger charge is -2.28. The van der Waals surface area contributed by atoms with Gasteiger partial charge in [0.2, 0.25) is 5.88 Å². The highest BCUT2D eigenvalue weighted by Crippen LogP contribution is 2.26. The Morgan fingerprint density at radius 3 is 2.64 bits per heavy atom. The number of carbonyl (C=O) groups excluding carboxylic acids is 1. The van der Waals surface area contributed by atoms with E-state index in [1.54, 1.807) is 30.3 Å². The second kappa shape index (κ2) is 7.56. The van der Waals surface area contributed by atoms with Crippen LogP contribution in [0.3, 0.4) is 0 Å². The standard InChI is InChI=1S/C17H20N2O3/c1-19(15(10-12-20)13-7-4-3-5-8-13)17(21)14-9-6-11-18-16(14)22-2/h3-9,11,15,20H,10,12H2,1-2H3. The van der Waals surface area contributed by atoms with Crippen molar-refractivity contribution in [1.29, 1.82) is 0 Å². The molecule has 1 N–H and O–H groups in total. The number of benzene rings is 1. The second-order valence-corrected chi connectivity index (χ2v) is 4.92. The Hall–Kier alpha value is -2.40. The zero-order chi connectivity index (χ0) is 15.9. The molecule has 1 heterocycles. The molecule has 0 spiro atoms. The molecule has 0 aliphatic heterocycles. The summed E-state index contributed by atoms with van der Waals surface area (Å²) in [6.07, 6.45) is 2.05. The number of nitrogens with zero attached hydrogens (tertiary/aromatic N) is 2. The number of hydrogen-bond acceptors (Lipinski definition) is 4. The van der Waals surface area contributed by atoms with Crippen LogP contribution in [-0.4, -0.2) is 41.7 Å². The summed E-state index contributed by atoms with van der Waals surface area (Å²) in [6.45, 7) is 0.00134. The molecule has 116 valence electrons. The zero-order valence-electron chi connectivity index (χ0n) is 12.8. The number of aliphatic hydroxyl groups excluding tert-OH is 1. The Morgan fingerprint density at radius 1 is 1.27 bits per heavy atom. The van der Waals surface area contributed by atoms with Crippen molar-refractivity contribution in [2.75, 3.05) is 20.8 Å². The van der Waals surface area contributed by atoms with E-state index in [2.05, 4.69) is 4.98 Å². The Balaban J connectivity index is 2.30. The maximum Gasteiger partial charge on any atom is 0.259 e. The van der Waals surface area contributed by atoms with Crippen molar-refractivity contribution in [2.45, 2.75) is 12.5 Å². The molecule has 0 bridgehead atoms. The monoisotopic (exact) mass is 300 g/mol. The van der Waals surface area contributed by atoms with E-state index < -0.39 is 0 Å². The fourth-order valence-electron chi connectivity index (χ4n) is 2.43. The van der Waals surface area contributed by atoms with Crippen LogP contribution in [0, 0.1) is 0 Å². The van der Waals surface area contributed by atoms with E-state index in [0.717, 1.165) is 5.56 Å². The van der Waals surface area contributed by atoms with Gasteiger partial charge in [-0.2, -0.15) is 0 Å². The maximum atomic E-state index is 12.7. The Kier molecular flexibility index (Phi) is 5.49. The number of carbonyl (C=O) groups is 1. The van der Waals surface area contributed by atoms with Crippen LogP contribution in [0.2, 0.25) is 0 Å². The van der Waals surface area contributed by atoms with Crippen molar-refractivity contribution in [1.82, 2.24) is 9.88 Å². The molecule has 0 aliphatic rings. The van der Waals surface area contributed by atoms with Crippen LogP contribution >= 0.6 is 0 Å². The molecular formula is C17H20N2O3. The number of pyridine rings is 1. The zero-order valence-corrected chi connectivity index (χ0v) is 12.8. The minimum absolute atomic E-state index is 0.00134. The molecule has 5 nitrogen and oxygen atoms in total. The third-order valence-corrected chi connectivity index (χ3v) is 3.57. The largest absolute Gasteiger partial charge is 0.480 e. The molecule has 2 aromatic rings. The molecule has 1 amide bonds. The van der Waals surface area contributed by atoms with E-state index in [0.29, 0.717) is 17.9 Å². The number of amides is 1. The van der Waals surface area contributed by atoms with Gasteiger partial charge in [-0.05, 0) is 24.1 Å². The highest BCUT2D eigenvalue weighted by molar-refractivity contribution is 5.96. The van der Waals surface area contributed by atoms with Crippen LogP contribution in [0.15, 0.2) is 48.7 Å². The number of methoxy groups -OCH3 is 1. The van der Waals surface area contributed by atoms with E-state index in [-0.39, 0.29) is 18.6 Å². The minimum atomic E-state index is -0.205. The summed E-state index contributed by atoms with van der Waals surface area (Å²) in [4.78, 5) is 18.4. The molecule has 1 aromatic heterocycles. The van der Waals surface area contributed by atoms with Gasteiger partial charge >= 0.3 is 0 Å². The highest BCUT2D eigenvalue weighted by atomic mass is 16.5. The van der Waals surface area contributed by atoms with Crippen LogP contribution < -0.4 is 4.74 Å². The minimum Gasteiger partial charge on any atom is -0.480 e. The predicted octanol–water partition coefficient (Wildman–Crippen LogP) is 2.29. The summed E-state index contributed by atoms with van der Waals surface area (Å²) in [5.74, 6) is 0.113. The molecule has 1 unspecified atom stereocenters. The molecule has 22 heavy (non-hydrogen) atoms. The van der Waals surface area contributed by atoms with Gasteiger partial charge < -0.3 is 14.7 Å². The summed E-state index contributed by atoms with van der Waals surface area (Å²) < 4.78 is 5.15. The fourth-order valence-corrected chi connectivity index (χ4v) is 2.43. The summed E-state index contributed by atoms with van der Waals surface area (Å²) >= 11 is 0. The first-order valence-corrected chi connectivity index (χ1v) is 7.11. The van der Waals surface area contributed by atoms with Crippen molar-refractivity contribution in [3.05, 3.63) is 59.8 Å². The third kappa shape index (κ3) is 3.43. The van der Waals surface area contributed by atoms with Gasteiger partial charge in [-0.1, -0.05) is 30.3 Å². The van der Waals surface area contributed by atoms with Crippen molar-refractivity contribution in [3.63, 3.8) is 0 Å². The average Bonchev–Trinajstić information content (AvgIpc) is 2.59. The van der Waals surface area contributed by atoms with Gasteiger partial charge in [0.1, 0.15) is 5.56 Å². The average molecular weight is 300 g/mol. The lowest BCUT2D eigenvalue weighted by atomic mass is 10.0. The molecular weight excluding hydrogens is 280 g/mol. The van der Waals surface area contributed by atoms with Gasteiger partial charge in [0.15, 0.2) is 0 Å². The fraction of sp³-hybridized carbons (Fsp3) is 0.294. The molecule has 0 radical (unpaired) electrons. The van der Waals surface area contributed by atoms with Crippen LogP contribution in [0.1, 0.15) is 28.4 Å². The van der Waals surface area contributed by atoms with Crippen molar-refractivity contribution in [2.24, 2.45) is 0 Å². The van der Waals surface area contributed by atoms with Crippen LogP contribution in [0.5, 0.6) is 5.88 Å². The van der Waals surface area contributed by atoms with Gasteiger partial charge in [-0.25, -0.2) is 4.98 Å². The Bertz CT molecular complexity index is 616. The maximum absolute atomic E-state index is 12.7. The first-order chi connectivity index (χ1) is 10.7. The first kappa shape index (κ1) is 16.0. The first-order valence-electron chi connectivity index (χ1n) is 7.11. The van der Waals surface area contributed by atoms with E-state index in [9.17, 15) is 9.90 Å². The molecule has 1 aromatic carbocycles. The molecule has 0 fully saturated rings. The molecule has 1 atom stereocenters. The van der Waals surface area contributed by atoms with Gasteiger partial charge in [-0.3, -0.25) is 4.79 Å². The topological polar surface area (TPSA) is 62.7 Å². The number of rotatable bonds is 6.